The molecule has 9 nitrogen and oxygen atoms in total. The normalized spacial score (nSPS) is 12.3. The highest BCUT2D eigenvalue weighted by Crippen LogP contribution is 2.24. The standard InChI is InChI=1S/C25H19N3O6/c26-22(30)16-8-10-18(11-9-16)27-21(29)14-34-25(33)17-5-3-4-15(12-17)13-28-23(31)19-6-1-2-7-20(19)24(28)32/h1-12H,13-14H2,(H2,26,30)(H,27,29). The molecule has 3 N–H and O–H groups in total. The number of amides is 4. The summed E-state index contributed by atoms with van der Waals surface area (Å²) in [5, 5.41) is 2.54. The molecule has 3 aromatic rings. The summed E-state index contributed by atoms with van der Waals surface area (Å²) in [5.41, 5.74) is 7.30. The number of carbonyl (C=O) groups excluding carboxylic acids is 5. The Bertz CT molecular complexity index is 1280. The molecule has 1 aliphatic heterocycles. The van der Waals surface area contributed by atoms with Crippen LogP contribution in [0.1, 0.15) is 47.0 Å². The molecule has 1 aliphatic rings. The molecule has 4 rings (SSSR count). The van der Waals surface area contributed by atoms with Crippen molar-refractivity contribution in [3.8, 4) is 0 Å². The molecule has 4 amide bonds. The lowest BCUT2D eigenvalue weighted by molar-refractivity contribution is -0.119. The quantitative estimate of drug-likeness (QED) is 0.413. The molecule has 0 radical (unpaired) electrons. The highest BCUT2D eigenvalue weighted by Gasteiger charge is 2.35. The van der Waals surface area contributed by atoms with Gasteiger partial charge >= 0.3 is 5.97 Å². The van der Waals surface area contributed by atoms with Crippen molar-refractivity contribution in [2.45, 2.75) is 6.54 Å². The van der Waals surface area contributed by atoms with Crippen molar-refractivity contribution in [3.05, 3.63) is 101 Å². The molecule has 0 saturated carbocycles. The average Bonchev–Trinajstić information content (AvgIpc) is 3.08. The minimum Gasteiger partial charge on any atom is -0.452 e. The van der Waals surface area contributed by atoms with Gasteiger partial charge in [0, 0.05) is 11.3 Å². The summed E-state index contributed by atoms with van der Waals surface area (Å²) in [6.07, 6.45) is 0. The number of anilines is 1. The number of ether oxygens (including phenoxy) is 1. The van der Waals surface area contributed by atoms with Crippen molar-refractivity contribution < 1.29 is 28.7 Å². The second-order valence-electron chi connectivity index (χ2n) is 7.51. The van der Waals surface area contributed by atoms with E-state index in [4.69, 9.17) is 10.5 Å². The van der Waals surface area contributed by atoms with Crippen molar-refractivity contribution >= 4 is 35.3 Å². The van der Waals surface area contributed by atoms with E-state index in [0.717, 1.165) is 4.90 Å². The number of carbonyl (C=O) groups is 5. The van der Waals surface area contributed by atoms with Gasteiger partial charge in [-0.2, -0.15) is 0 Å². The van der Waals surface area contributed by atoms with Gasteiger partial charge in [0.05, 0.1) is 23.2 Å². The number of nitrogens with two attached hydrogens (primary N) is 1. The molecule has 170 valence electrons. The third-order valence-electron chi connectivity index (χ3n) is 5.17. The van der Waals surface area contributed by atoms with E-state index in [1.165, 1.54) is 36.4 Å². The van der Waals surface area contributed by atoms with Crippen molar-refractivity contribution in [1.82, 2.24) is 4.90 Å². The third-order valence-corrected chi connectivity index (χ3v) is 5.17. The van der Waals surface area contributed by atoms with Crippen LogP contribution in [0.25, 0.3) is 0 Å². The Morgan fingerprint density at radius 1 is 0.824 bits per heavy atom. The Kier molecular flexibility index (Phi) is 6.18. The van der Waals surface area contributed by atoms with Gasteiger partial charge in [-0.3, -0.25) is 24.1 Å². The van der Waals surface area contributed by atoms with Gasteiger partial charge in [-0.25, -0.2) is 4.79 Å². The van der Waals surface area contributed by atoms with E-state index in [-0.39, 0.29) is 12.1 Å². The number of imide groups is 1. The fourth-order valence-corrected chi connectivity index (χ4v) is 3.49. The maximum atomic E-state index is 12.6. The number of hydrogen-bond acceptors (Lipinski definition) is 6. The summed E-state index contributed by atoms with van der Waals surface area (Å²) in [7, 11) is 0. The molecule has 9 heteroatoms. The van der Waals surface area contributed by atoms with E-state index in [9.17, 15) is 24.0 Å². The van der Waals surface area contributed by atoms with Crippen LogP contribution in [-0.2, 0) is 16.1 Å². The van der Waals surface area contributed by atoms with Gasteiger partial charge in [-0.1, -0.05) is 24.3 Å². The number of hydrogen-bond donors (Lipinski definition) is 2. The summed E-state index contributed by atoms with van der Waals surface area (Å²) in [4.78, 5) is 61.8. The van der Waals surface area contributed by atoms with Gasteiger partial charge in [0.25, 0.3) is 17.7 Å². The Morgan fingerprint density at radius 3 is 2.09 bits per heavy atom. The van der Waals surface area contributed by atoms with Crippen LogP contribution in [0.4, 0.5) is 5.69 Å². The topological polar surface area (TPSA) is 136 Å². The summed E-state index contributed by atoms with van der Waals surface area (Å²) >= 11 is 0. The Balaban J connectivity index is 1.35. The number of nitrogens with zero attached hydrogens (tertiary/aromatic N) is 1. The third kappa shape index (κ3) is 4.68. The molecule has 1 heterocycles. The van der Waals surface area contributed by atoms with Gasteiger partial charge in [0.15, 0.2) is 6.61 Å². The highest BCUT2D eigenvalue weighted by atomic mass is 16.5. The molecule has 0 spiro atoms. The number of primary amides is 1. The molecule has 0 unspecified atom stereocenters. The first-order chi connectivity index (χ1) is 16.3. The van der Waals surface area contributed by atoms with Crippen molar-refractivity contribution in [2.24, 2.45) is 5.73 Å². The minimum atomic E-state index is -0.733. The van der Waals surface area contributed by atoms with E-state index < -0.39 is 36.2 Å². The number of rotatable bonds is 7. The van der Waals surface area contributed by atoms with Gasteiger partial charge in [0.1, 0.15) is 0 Å². The maximum absolute atomic E-state index is 12.6. The van der Waals surface area contributed by atoms with Gasteiger partial charge in [0.2, 0.25) is 5.91 Å². The molecular weight excluding hydrogens is 438 g/mol. The van der Waals surface area contributed by atoms with E-state index in [1.54, 1.807) is 36.4 Å². The largest absolute Gasteiger partial charge is 0.452 e. The second kappa shape index (κ2) is 9.37. The Hall–Kier alpha value is -4.79. The Labute approximate surface area is 194 Å². The van der Waals surface area contributed by atoms with Crippen molar-refractivity contribution in [1.29, 1.82) is 0 Å². The van der Waals surface area contributed by atoms with Crippen LogP contribution in [0, 0.1) is 0 Å². The minimum absolute atomic E-state index is 0.00471. The first-order valence-corrected chi connectivity index (χ1v) is 10.2. The molecule has 0 saturated heterocycles. The lowest BCUT2D eigenvalue weighted by Crippen LogP contribution is -2.29. The van der Waals surface area contributed by atoms with Crippen LogP contribution in [-0.4, -0.2) is 41.1 Å². The zero-order chi connectivity index (χ0) is 24.2. The number of benzene rings is 3. The van der Waals surface area contributed by atoms with E-state index in [0.29, 0.717) is 27.9 Å². The maximum Gasteiger partial charge on any atom is 0.338 e. The van der Waals surface area contributed by atoms with Crippen LogP contribution in [0.2, 0.25) is 0 Å². The van der Waals surface area contributed by atoms with Crippen molar-refractivity contribution in [3.63, 3.8) is 0 Å². The summed E-state index contributed by atoms with van der Waals surface area (Å²) in [5.74, 6) is -2.67. The lowest BCUT2D eigenvalue weighted by Gasteiger charge is -2.14. The Morgan fingerprint density at radius 2 is 1.47 bits per heavy atom. The van der Waals surface area contributed by atoms with Crippen LogP contribution < -0.4 is 11.1 Å². The molecule has 3 aromatic carbocycles. The SMILES string of the molecule is NC(=O)c1ccc(NC(=O)COC(=O)c2cccc(CN3C(=O)c4ccccc4C3=O)c2)cc1. The summed E-state index contributed by atoms with van der Waals surface area (Å²) < 4.78 is 5.07. The van der Waals surface area contributed by atoms with E-state index >= 15 is 0 Å². The van der Waals surface area contributed by atoms with Crippen LogP contribution in [0.3, 0.4) is 0 Å². The molecule has 0 bridgehead atoms. The first kappa shape index (κ1) is 22.4. The molecule has 0 atom stereocenters. The predicted octanol–water partition coefficient (Wildman–Crippen LogP) is 2.38. The van der Waals surface area contributed by atoms with Gasteiger partial charge in [-0.15, -0.1) is 0 Å². The zero-order valence-corrected chi connectivity index (χ0v) is 17.8. The number of nitrogens with one attached hydrogen (secondary N) is 1. The predicted molar refractivity (Wildman–Crippen MR) is 121 cm³/mol. The molecule has 0 aliphatic carbocycles. The lowest BCUT2D eigenvalue weighted by atomic mass is 10.1. The molecular formula is C25H19N3O6. The van der Waals surface area contributed by atoms with E-state index in [2.05, 4.69) is 5.32 Å². The van der Waals surface area contributed by atoms with Crippen LogP contribution >= 0.6 is 0 Å². The average molecular weight is 457 g/mol. The first-order valence-electron chi connectivity index (χ1n) is 10.2. The van der Waals surface area contributed by atoms with Crippen LogP contribution in [0.5, 0.6) is 0 Å². The van der Waals surface area contributed by atoms with Crippen molar-refractivity contribution in [2.75, 3.05) is 11.9 Å². The number of fused-ring (bicyclic) bond motifs is 1. The van der Waals surface area contributed by atoms with Gasteiger partial charge < -0.3 is 15.8 Å². The summed E-state index contributed by atoms with van der Waals surface area (Å²) in [6.45, 7) is -0.533. The van der Waals surface area contributed by atoms with Gasteiger partial charge in [-0.05, 0) is 54.1 Å². The number of esters is 1. The zero-order valence-electron chi connectivity index (χ0n) is 17.8. The summed E-state index contributed by atoms with van der Waals surface area (Å²) in [6, 6.07) is 18.8. The highest BCUT2D eigenvalue weighted by molar-refractivity contribution is 6.21. The fraction of sp³-hybridized carbons (Fsp3) is 0.0800. The smallest absolute Gasteiger partial charge is 0.338 e. The van der Waals surface area contributed by atoms with Crippen LogP contribution in [0.15, 0.2) is 72.8 Å². The molecule has 0 aromatic heterocycles. The van der Waals surface area contributed by atoms with E-state index in [1.807, 2.05) is 0 Å². The molecule has 0 fully saturated rings. The fourth-order valence-electron chi connectivity index (χ4n) is 3.49. The monoisotopic (exact) mass is 457 g/mol. The molecule has 34 heavy (non-hydrogen) atoms. The second-order valence-corrected chi connectivity index (χ2v) is 7.51.